The molecule has 4 rings (SSSR count). The Hall–Kier alpha value is -2.14. The van der Waals surface area contributed by atoms with E-state index in [9.17, 15) is 9.59 Å². The van der Waals surface area contributed by atoms with E-state index in [2.05, 4.69) is 42.6 Å². The maximum Gasteiger partial charge on any atom is 0.243 e. The van der Waals surface area contributed by atoms with Crippen LogP contribution >= 0.6 is 11.3 Å². The lowest BCUT2D eigenvalue weighted by Gasteiger charge is -2.40. The molecule has 154 valence electrons. The second-order valence-electron chi connectivity index (χ2n) is 9.32. The predicted molar refractivity (Wildman–Crippen MR) is 117 cm³/mol. The van der Waals surface area contributed by atoms with E-state index >= 15 is 0 Å². The van der Waals surface area contributed by atoms with Crippen molar-refractivity contribution in [3.05, 3.63) is 57.3 Å². The van der Waals surface area contributed by atoms with Gasteiger partial charge in [-0.1, -0.05) is 29.8 Å². The summed E-state index contributed by atoms with van der Waals surface area (Å²) in [5.41, 5.74) is 3.22. The Morgan fingerprint density at radius 2 is 1.83 bits per heavy atom. The number of fused-ring (bicyclic) bond motifs is 1. The third-order valence-corrected chi connectivity index (χ3v) is 6.97. The molecule has 0 bridgehead atoms. The molecule has 1 atom stereocenters. The highest BCUT2D eigenvalue weighted by molar-refractivity contribution is 7.10. The largest absolute Gasteiger partial charge is 0.330 e. The van der Waals surface area contributed by atoms with Gasteiger partial charge in [-0.05, 0) is 69.5 Å². The van der Waals surface area contributed by atoms with Crippen LogP contribution in [0.5, 0.6) is 0 Å². The molecule has 2 aliphatic rings. The van der Waals surface area contributed by atoms with Gasteiger partial charge in [0.1, 0.15) is 6.54 Å². The van der Waals surface area contributed by atoms with Crippen molar-refractivity contribution in [2.24, 2.45) is 5.92 Å². The van der Waals surface area contributed by atoms with E-state index in [0.29, 0.717) is 6.54 Å². The molecule has 2 heterocycles. The third-order valence-electron chi connectivity index (χ3n) is 5.98. The first-order valence-corrected chi connectivity index (χ1v) is 11.4. The summed E-state index contributed by atoms with van der Waals surface area (Å²) in [6.45, 7) is 8.98. The van der Waals surface area contributed by atoms with Crippen molar-refractivity contribution in [3.8, 4) is 0 Å². The summed E-state index contributed by atoms with van der Waals surface area (Å²) in [5, 5.41) is 2.12. The fraction of sp³-hybridized carbons (Fsp3) is 0.500. The van der Waals surface area contributed by atoms with Gasteiger partial charge in [-0.3, -0.25) is 9.59 Å². The van der Waals surface area contributed by atoms with Gasteiger partial charge in [0.2, 0.25) is 11.8 Å². The summed E-state index contributed by atoms with van der Waals surface area (Å²) in [6.07, 6.45) is 2.79. The standard InChI is InChI=1S/C24H30N2O2S/c1-16-5-7-17(8-6-16)22-19-12-14-29-20(19)11-13-25(22)21(27)15-26(24(2,3)4)23(28)18-9-10-18/h5-8,12,14,18,22H,9-11,13,15H2,1-4H3. The molecular weight excluding hydrogens is 380 g/mol. The van der Waals surface area contributed by atoms with Crippen molar-refractivity contribution >= 4 is 23.2 Å². The number of aryl methyl sites for hydroxylation is 1. The first-order valence-electron chi connectivity index (χ1n) is 10.5. The van der Waals surface area contributed by atoms with Crippen LogP contribution in [0.2, 0.25) is 0 Å². The summed E-state index contributed by atoms with van der Waals surface area (Å²) in [6, 6.07) is 10.6. The molecular formula is C24H30N2O2S. The number of nitrogens with zero attached hydrogens (tertiary/aromatic N) is 2. The second kappa shape index (κ2) is 7.60. The quantitative estimate of drug-likeness (QED) is 0.741. The van der Waals surface area contributed by atoms with E-state index in [1.165, 1.54) is 16.0 Å². The minimum Gasteiger partial charge on any atom is -0.330 e. The molecule has 2 aromatic rings. The number of rotatable bonds is 4. The topological polar surface area (TPSA) is 40.6 Å². The summed E-state index contributed by atoms with van der Waals surface area (Å²) < 4.78 is 0. The zero-order valence-corrected chi connectivity index (χ0v) is 18.6. The normalized spacial score (nSPS) is 19.0. The molecule has 0 saturated heterocycles. The van der Waals surface area contributed by atoms with Crippen molar-refractivity contribution in [3.63, 3.8) is 0 Å². The number of thiophene rings is 1. The van der Waals surface area contributed by atoms with Gasteiger partial charge in [-0.25, -0.2) is 0 Å². The first-order chi connectivity index (χ1) is 13.8. The van der Waals surface area contributed by atoms with Crippen LogP contribution in [0, 0.1) is 12.8 Å². The van der Waals surface area contributed by atoms with Crippen LogP contribution in [0.1, 0.15) is 61.2 Å². The van der Waals surface area contributed by atoms with Crippen LogP contribution in [0.25, 0.3) is 0 Å². The Morgan fingerprint density at radius 1 is 1.14 bits per heavy atom. The van der Waals surface area contributed by atoms with Gasteiger partial charge in [0.25, 0.3) is 0 Å². The molecule has 29 heavy (non-hydrogen) atoms. The van der Waals surface area contributed by atoms with Gasteiger partial charge >= 0.3 is 0 Å². The fourth-order valence-electron chi connectivity index (χ4n) is 4.12. The van der Waals surface area contributed by atoms with Crippen LogP contribution < -0.4 is 0 Å². The molecule has 1 fully saturated rings. The molecule has 1 aliphatic heterocycles. The van der Waals surface area contributed by atoms with Crippen LogP contribution in [-0.2, 0) is 16.0 Å². The zero-order chi connectivity index (χ0) is 20.8. The fourth-order valence-corrected chi connectivity index (χ4v) is 5.02. The Kier molecular flexibility index (Phi) is 5.28. The lowest BCUT2D eigenvalue weighted by atomic mass is 9.92. The number of hydrogen-bond acceptors (Lipinski definition) is 3. The van der Waals surface area contributed by atoms with Gasteiger partial charge in [-0.2, -0.15) is 0 Å². The molecule has 0 radical (unpaired) electrons. The first kappa shape index (κ1) is 20.1. The van der Waals surface area contributed by atoms with Crippen LogP contribution in [0.3, 0.4) is 0 Å². The second-order valence-corrected chi connectivity index (χ2v) is 10.3. The number of hydrogen-bond donors (Lipinski definition) is 0. The number of carbonyl (C=O) groups is 2. The molecule has 1 aromatic heterocycles. The van der Waals surface area contributed by atoms with E-state index < -0.39 is 0 Å². The van der Waals surface area contributed by atoms with Crippen LogP contribution in [0.4, 0.5) is 0 Å². The average Bonchev–Trinajstić information content (AvgIpc) is 3.41. The molecule has 1 aromatic carbocycles. The van der Waals surface area contributed by atoms with Gasteiger partial charge in [0.05, 0.1) is 6.04 Å². The van der Waals surface area contributed by atoms with Crippen molar-refractivity contribution in [2.45, 2.75) is 58.5 Å². The highest BCUT2D eigenvalue weighted by atomic mass is 32.1. The SMILES string of the molecule is Cc1ccc(C2c3ccsc3CCN2C(=O)CN(C(=O)C2CC2)C(C)(C)C)cc1. The van der Waals surface area contributed by atoms with Gasteiger partial charge in [0, 0.05) is 22.9 Å². The number of amides is 2. The van der Waals surface area contributed by atoms with Gasteiger partial charge < -0.3 is 9.80 Å². The molecule has 0 N–H and O–H groups in total. The van der Waals surface area contributed by atoms with E-state index in [-0.39, 0.29) is 35.9 Å². The van der Waals surface area contributed by atoms with Crippen molar-refractivity contribution < 1.29 is 9.59 Å². The molecule has 1 aliphatic carbocycles. The Balaban J connectivity index is 1.63. The lowest BCUT2D eigenvalue weighted by Crippen LogP contribution is -2.53. The van der Waals surface area contributed by atoms with E-state index in [1.54, 1.807) is 16.2 Å². The van der Waals surface area contributed by atoms with E-state index in [4.69, 9.17) is 0 Å². The maximum atomic E-state index is 13.5. The summed E-state index contributed by atoms with van der Waals surface area (Å²) in [7, 11) is 0. The van der Waals surface area contributed by atoms with Crippen molar-refractivity contribution in [1.82, 2.24) is 9.80 Å². The summed E-state index contributed by atoms with van der Waals surface area (Å²) in [5.74, 6) is 0.280. The van der Waals surface area contributed by atoms with Gasteiger partial charge in [0.15, 0.2) is 0 Å². The molecule has 5 heteroatoms. The average molecular weight is 411 g/mol. The molecule has 1 saturated carbocycles. The zero-order valence-electron chi connectivity index (χ0n) is 17.8. The molecule has 1 unspecified atom stereocenters. The lowest BCUT2D eigenvalue weighted by molar-refractivity contribution is -0.146. The Bertz CT molecular complexity index is 906. The smallest absolute Gasteiger partial charge is 0.243 e. The Morgan fingerprint density at radius 3 is 2.45 bits per heavy atom. The van der Waals surface area contributed by atoms with Crippen LogP contribution in [-0.4, -0.2) is 40.2 Å². The highest BCUT2D eigenvalue weighted by Crippen LogP contribution is 2.38. The molecule has 4 nitrogen and oxygen atoms in total. The Labute approximate surface area is 177 Å². The van der Waals surface area contributed by atoms with E-state index in [0.717, 1.165) is 24.8 Å². The molecule has 0 spiro atoms. The van der Waals surface area contributed by atoms with Crippen molar-refractivity contribution in [2.75, 3.05) is 13.1 Å². The highest BCUT2D eigenvalue weighted by Gasteiger charge is 2.40. The summed E-state index contributed by atoms with van der Waals surface area (Å²) >= 11 is 1.77. The minimum atomic E-state index is -0.363. The maximum absolute atomic E-state index is 13.5. The number of carbonyl (C=O) groups excluding carboxylic acids is 2. The predicted octanol–water partition coefficient (Wildman–Crippen LogP) is 4.57. The third kappa shape index (κ3) is 4.11. The van der Waals surface area contributed by atoms with Gasteiger partial charge in [-0.15, -0.1) is 11.3 Å². The van der Waals surface area contributed by atoms with Crippen LogP contribution in [0.15, 0.2) is 35.7 Å². The van der Waals surface area contributed by atoms with Crippen molar-refractivity contribution in [1.29, 1.82) is 0 Å². The summed E-state index contributed by atoms with van der Waals surface area (Å²) in [4.78, 5) is 31.5. The number of benzene rings is 1. The monoisotopic (exact) mass is 410 g/mol. The molecule has 2 amide bonds. The van der Waals surface area contributed by atoms with E-state index in [1.807, 2.05) is 25.7 Å². The minimum absolute atomic E-state index is 0.0383.